The largest absolute Gasteiger partial charge is 0.477 e. The number of aliphatic carboxylic acids is 1. The molecular formula is C3H4ClO5P. The van der Waals surface area contributed by atoms with Gasteiger partial charge in [0, 0.05) is 5.54 Å². The van der Waals surface area contributed by atoms with Gasteiger partial charge in [-0.2, -0.15) is 0 Å². The first kappa shape index (κ1) is 9.65. The van der Waals surface area contributed by atoms with E-state index >= 15 is 0 Å². The smallest absolute Gasteiger partial charge is 0.364 e. The van der Waals surface area contributed by atoms with E-state index in [9.17, 15) is 9.36 Å². The van der Waals surface area contributed by atoms with E-state index < -0.39 is 18.9 Å². The van der Waals surface area contributed by atoms with Crippen LogP contribution in [-0.4, -0.2) is 20.9 Å². The zero-order chi connectivity index (χ0) is 8.36. The molecule has 0 unspecified atom stereocenters. The highest BCUT2D eigenvalue weighted by atomic mass is 35.5. The summed E-state index contributed by atoms with van der Waals surface area (Å²) in [5.74, 6) is -1.72. The summed E-state index contributed by atoms with van der Waals surface area (Å²) in [6.45, 7) is 0. The number of carbonyl (C=O) groups is 1. The van der Waals surface area contributed by atoms with Crippen LogP contribution in [0.25, 0.3) is 0 Å². The van der Waals surface area contributed by atoms with E-state index in [1.54, 1.807) is 0 Å². The molecule has 0 aromatic heterocycles. The lowest BCUT2D eigenvalue weighted by atomic mass is 10.7. The van der Waals surface area contributed by atoms with E-state index in [4.69, 9.17) is 26.5 Å². The number of rotatable bonds is 2. The van der Waals surface area contributed by atoms with Gasteiger partial charge in [0.2, 0.25) is 0 Å². The molecule has 0 spiro atoms. The Labute approximate surface area is 61.1 Å². The average Bonchev–Trinajstić information content (AvgIpc) is 1.60. The summed E-state index contributed by atoms with van der Waals surface area (Å²) in [6, 6.07) is 0. The fourth-order valence-corrected chi connectivity index (χ4v) is 1.09. The summed E-state index contributed by atoms with van der Waals surface area (Å²) in [5, 5.41) is 6.96. The number of hydrogen-bond acceptors (Lipinski definition) is 2. The third-order valence-electron chi connectivity index (χ3n) is 0.636. The lowest BCUT2D eigenvalue weighted by Gasteiger charge is -2.00. The molecule has 0 amide bonds. The summed E-state index contributed by atoms with van der Waals surface area (Å²) in [6.07, 6.45) is 0. The monoisotopic (exact) mass is 186 g/mol. The molecule has 0 aliphatic rings. The molecule has 0 saturated heterocycles. The molecule has 0 aromatic carbocycles. The van der Waals surface area contributed by atoms with Crippen molar-refractivity contribution in [1.29, 1.82) is 0 Å². The molecule has 58 valence electrons. The lowest BCUT2D eigenvalue weighted by molar-refractivity contribution is -0.132. The fraction of sp³-hybridized carbons (Fsp3) is 0. The first-order chi connectivity index (χ1) is 4.39. The molecule has 0 rings (SSSR count). The predicted molar refractivity (Wildman–Crippen MR) is 33.6 cm³/mol. The van der Waals surface area contributed by atoms with Gasteiger partial charge in [-0.15, -0.1) is 0 Å². The third-order valence-corrected chi connectivity index (χ3v) is 1.95. The van der Waals surface area contributed by atoms with Gasteiger partial charge in [0.1, 0.15) is 0 Å². The maximum atomic E-state index is 10.2. The van der Waals surface area contributed by atoms with Crippen LogP contribution in [0.4, 0.5) is 0 Å². The van der Waals surface area contributed by atoms with Crippen molar-refractivity contribution >= 4 is 25.2 Å². The van der Waals surface area contributed by atoms with Crippen LogP contribution in [0.1, 0.15) is 0 Å². The summed E-state index contributed by atoms with van der Waals surface area (Å²) >= 11 is 4.81. The van der Waals surface area contributed by atoms with Crippen LogP contribution in [-0.2, 0) is 9.36 Å². The molecule has 0 aromatic rings. The minimum absolute atomic E-state index is 0.350. The van der Waals surface area contributed by atoms with Crippen molar-refractivity contribution in [2.45, 2.75) is 0 Å². The zero-order valence-electron chi connectivity index (χ0n) is 4.56. The summed E-state index contributed by atoms with van der Waals surface area (Å²) < 4.78 is 10.2. The van der Waals surface area contributed by atoms with E-state index in [0.29, 0.717) is 5.54 Å². The van der Waals surface area contributed by atoms with Crippen molar-refractivity contribution in [1.82, 2.24) is 0 Å². The van der Waals surface area contributed by atoms with Gasteiger partial charge in [0.05, 0.1) is 0 Å². The standard InChI is InChI=1S/C3H4ClO5P/c4-1-2(3(5)6)10(7,8)9/h1H,(H,5,6)(H2,7,8,9). The molecule has 5 nitrogen and oxygen atoms in total. The second-order valence-electron chi connectivity index (χ2n) is 1.34. The molecule has 3 N–H and O–H groups in total. The Morgan fingerprint density at radius 3 is 1.90 bits per heavy atom. The topological polar surface area (TPSA) is 94.8 Å². The summed E-state index contributed by atoms with van der Waals surface area (Å²) in [4.78, 5) is 26.4. The van der Waals surface area contributed by atoms with Gasteiger partial charge in [-0.1, -0.05) is 11.6 Å². The molecule has 0 bridgehead atoms. The van der Waals surface area contributed by atoms with Gasteiger partial charge < -0.3 is 14.9 Å². The highest BCUT2D eigenvalue weighted by molar-refractivity contribution is 7.58. The van der Waals surface area contributed by atoms with Crippen LogP contribution in [0.15, 0.2) is 10.8 Å². The minimum Gasteiger partial charge on any atom is -0.477 e. The number of carboxylic acids is 1. The van der Waals surface area contributed by atoms with Crippen molar-refractivity contribution in [2.24, 2.45) is 0 Å². The third kappa shape index (κ3) is 2.49. The van der Waals surface area contributed by atoms with E-state index in [2.05, 4.69) is 0 Å². The SMILES string of the molecule is O=C(O)C(=CCl)P(=O)(O)O. The van der Waals surface area contributed by atoms with E-state index in [-0.39, 0.29) is 0 Å². The Morgan fingerprint density at radius 1 is 1.50 bits per heavy atom. The van der Waals surface area contributed by atoms with Crippen LogP contribution in [0.3, 0.4) is 0 Å². The lowest BCUT2D eigenvalue weighted by Crippen LogP contribution is -1.99. The first-order valence-corrected chi connectivity index (χ1v) is 4.04. The van der Waals surface area contributed by atoms with Gasteiger partial charge in [-0.3, -0.25) is 4.57 Å². The quantitative estimate of drug-likeness (QED) is 0.427. The molecule has 7 heteroatoms. The van der Waals surface area contributed by atoms with E-state index in [1.807, 2.05) is 0 Å². The Hall–Kier alpha value is -0.350. The highest BCUT2D eigenvalue weighted by Gasteiger charge is 2.26. The first-order valence-electron chi connectivity index (χ1n) is 1.99. The van der Waals surface area contributed by atoms with Crippen molar-refractivity contribution in [3.63, 3.8) is 0 Å². The van der Waals surface area contributed by atoms with E-state index in [0.717, 1.165) is 0 Å². The van der Waals surface area contributed by atoms with Gasteiger partial charge in [-0.05, 0) is 0 Å². The van der Waals surface area contributed by atoms with Crippen LogP contribution in [0.5, 0.6) is 0 Å². The molecule has 0 saturated carbocycles. The Kier molecular flexibility index (Phi) is 3.05. The predicted octanol–water partition coefficient (Wildman–Crippen LogP) is 0.329. The second-order valence-corrected chi connectivity index (χ2v) is 3.13. The van der Waals surface area contributed by atoms with Crippen LogP contribution < -0.4 is 0 Å². The molecule has 0 aliphatic heterocycles. The maximum Gasteiger partial charge on any atom is 0.364 e. The maximum absolute atomic E-state index is 10.2. The Bertz CT molecular complexity index is 215. The van der Waals surface area contributed by atoms with Gasteiger partial charge in [0.25, 0.3) is 0 Å². The molecule has 0 heterocycles. The fourth-order valence-electron chi connectivity index (χ4n) is 0.235. The number of hydrogen-bond donors (Lipinski definition) is 3. The molecule has 0 atom stereocenters. The number of carboxylic acid groups (broad SMARTS) is 1. The summed E-state index contributed by atoms with van der Waals surface area (Å²) in [7, 11) is -4.70. The summed E-state index contributed by atoms with van der Waals surface area (Å²) in [5.41, 5.74) is 0.350. The van der Waals surface area contributed by atoms with Crippen LogP contribution >= 0.6 is 19.2 Å². The second kappa shape index (κ2) is 3.16. The highest BCUT2D eigenvalue weighted by Crippen LogP contribution is 2.44. The van der Waals surface area contributed by atoms with Gasteiger partial charge in [-0.25, -0.2) is 4.79 Å². The van der Waals surface area contributed by atoms with Crippen LogP contribution in [0.2, 0.25) is 0 Å². The van der Waals surface area contributed by atoms with Crippen molar-refractivity contribution in [2.75, 3.05) is 0 Å². The molecule has 0 radical (unpaired) electrons. The zero-order valence-corrected chi connectivity index (χ0v) is 6.21. The normalized spacial score (nSPS) is 13.3. The van der Waals surface area contributed by atoms with Crippen LogP contribution in [0, 0.1) is 0 Å². The van der Waals surface area contributed by atoms with E-state index in [1.165, 1.54) is 0 Å². The Morgan fingerprint density at radius 2 is 1.90 bits per heavy atom. The Balaban J connectivity index is 4.75. The van der Waals surface area contributed by atoms with Crippen molar-refractivity contribution < 1.29 is 24.3 Å². The van der Waals surface area contributed by atoms with Gasteiger partial charge >= 0.3 is 13.6 Å². The molecular weight excluding hydrogens is 182 g/mol. The molecule has 0 fully saturated rings. The molecule has 0 aliphatic carbocycles. The average molecular weight is 186 g/mol. The molecule has 10 heavy (non-hydrogen) atoms. The van der Waals surface area contributed by atoms with Crippen molar-refractivity contribution in [3.8, 4) is 0 Å². The number of halogens is 1. The van der Waals surface area contributed by atoms with Crippen molar-refractivity contribution in [3.05, 3.63) is 10.8 Å². The van der Waals surface area contributed by atoms with Gasteiger partial charge in [0.15, 0.2) is 5.31 Å². The minimum atomic E-state index is -4.70.